The molecule has 0 bridgehead atoms. The fraction of sp³-hybridized carbons (Fsp3) is 0.143. The Labute approximate surface area is 232 Å². The van der Waals surface area contributed by atoms with Gasteiger partial charge in [-0.05, 0) is 82.2 Å². The summed E-state index contributed by atoms with van der Waals surface area (Å²) in [5, 5.41) is 11.7. The lowest BCUT2D eigenvalue weighted by Gasteiger charge is -2.14. The molecule has 1 fully saturated rings. The van der Waals surface area contributed by atoms with Gasteiger partial charge in [-0.25, -0.2) is 0 Å². The highest BCUT2D eigenvalue weighted by atomic mass is 79.9. The number of aryl methyl sites for hydroxylation is 1. The van der Waals surface area contributed by atoms with E-state index in [1.165, 1.54) is 7.11 Å². The van der Waals surface area contributed by atoms with Crippen molar-refractivity contribution in [3.63, 3.8) is 0 Å². The molecule has 0 spiro atoms. The first-order valence-corrected chi connectivity index (χ1v) is 13.0. The molecule has 0 aliphatic carbocycles. The molecule has 1 heterocycles. The number of hydrogen-bond donors (Lipinski definition) is 1. The van der Waals surface area contributed by atoms with E-state index in [4.69, 9.17) is 9.47 Å². The third kappa shape index (κ3) is 6.25. The van der Waals surface area contributed by atoms with Crippen molar-refractivity contribution in [3.8, 4) is 17.6 Å². The third-order valence-electron chi connectivity index (χ3n) is 5.57. The van der Waals surface area contributed by atoms with E-state index < -0.39 is 11.1 Å². The predicted octanol–water partition coefficient (Wildman–Crippen LogP) is 5.89. The number of amides is 3. The maximum Gasteiger partial charge on any atom is 0.293 e. The molecule has 3 aromatic rings. The van der Waals surface area contributed by atoms with Crippen molar-refractivity contribution >= 4 is 56.5 Å². The van der Waals surface area contributed by atoms with Crippen LogP contribution in [-0.2, 0) is 16.1 Å². The van der Waals surface area contributed by atoms with Gasteiger partial charge in [-0.1, -0.05) is 35.9 Å². The standard InChI is InChI=1S/C28H22BrN3O5S/c1-17-7-9-21(10-8-17)31-25(33)16-37-26-22(29)11-18(12-23(26)36-2)13-24-27(34)32(28(35)38-24)15-20-6-4-3-5-19(20)14-30/h3-13H,15-16H2,1-2H3,(H,31,33)/b24-13+. The molecule has 192 valence electrons. The number of carbonyl (C=O) groups is 3. The van der Waals surface area contributed by atoms with Gasteiger partial charge in [0.1, 0.15) is 0 Å². The first-order valence-electron chi connectivity index (χ1n) is 11.4. The van der Waals surface area contributed by atoms with Crippen molar-refractivity contribution in [2.24, 2.45) is 0 Å². The molecule has 10 heteroatoms. The lowest BCUT2D eigenvalue weighted by Crippen LogP contribution is -2.27. The lowest BCUT2D eigenvalue weighted by molar-refractivity contribution is -0.123. The molecule has 0 atom stereocenters. The summed E-state index contributed by atoms with van der Waals surface area (Å²) in [6, 6.07) is 19.7. The fourth-order valence-electron chi connectivity index (χ4n) is 3.66. The molecule has 38 heavy (non-hydrogen) atoms. The van der Waals surface area contributed by atoms with Crippen molar-refractivity contribution in [1.29, 1.82) is 5.26 Å². The number of nitriles is 1. The van der Waals surface area contributed by atoms with Gasteiger partial charge in [0.05, 0.1) is 34.7 Å². The first-order chi connectivity index (χ1) is 18.3. The van der Waals surface area contributed by atoms with Gasteiger partial charge in [0, 0.05) is 5.69 Å². The number of halogens is 1. The Kier molecular flexibility index (Phi) is 8.51. The Morgan fingerprint density at radius 2 is 1.89 bits per heavy atom. The number of imide groups is 1. The number of nitrogens with one attached hydrogen (secondary N) is 1. The second-order valence-electron chi connectivity index (χ2n) is 8.27. The molecule has 0 aromatic heterocycles. The Morgan fingerprint density at radius 1 is 1.16 bits per heavy atom. The van der Waals surface area contributed by atoms with Crippen LogP contribution in [0.1, 0.15) is 22.3 Å². The van der Waals surface area contributed by atoms with E-state index in [-0.39, 0.29) is 24.0 Å². The summed E-state index contributed by atoms with van der Waals surface area (Å²) in [6.07, 6.45) is 1.59. The van der Waals surface area contributed by atoms with Gasteiger partial charge in [0.25, 0.3) is 17.1 Å². The SMILES string of the molecule is COc1cc(/C=C2/SC(=O)N(Cc3ccccc3C#N)C2=O)cc(Br)c1OCC(=O)Nc1ccc(C)cc1. The van der Waals surface area contributed by atoms with E-state index in [2.05, 4.69) is 27.3 Å². The minimum Gasteiger partial charge on any atom is -0.493 e. The van der Waals surface area contributed by atoms with Crippen LogP contribution >= 0.6 is 27.7 Å². The minimum atomic E-state index is -0.448. The van der Waals surface area contributed by atoms with Gasteiger partial charge in [0.15, 0.2) is 18.1 Å². The van der Waals surface area contributed by atoms with E-state index in [0.29, 0.717) is 38.3 Å². The van der Waals surface area contributed by atoms with Crippen molar-refractivity contribution < 1.29 is 23.9 Å². The quantitative estimate of drug-likeness (QED) is 0.325. The summed E-state index contributed by atoms with van der Waals surface area (Å²) >= 11 is 4.27. The molecule has 0 unspecified atom stereocenters. The summed E-state index contributed by atoms with van der Waals surface area (Å²) in [5.74, 6) is -0.115. The van der Waals surface area contributed by atoms with Crippen molar-refractivity contribution in [1.82, 2.24) is 4.90 Å². The Bertz CT molecular complexity index is 1480. The number of hydrogen-bond acceptors (Lipinski definition) is 7. The van der Waals surface area contributed by atoms with E-state index in [9.17, 15) is 19.6 Å². The molecule has 8 nitrogen and oxygen atoms in total. The number of carbonyl (C=O) groups excluding carboxylic acids is 3. The highest BCUT2D eigenvalue weighted by molar-refractivity contribution is 9.10. The molecular formula is C28H22BrN3O5S. The lowest BCUT2D eigenvalue weighted by atomic mass is 10.1. The number of rotatable bonds is 8. The van der Waals surface area contributed by atoms with Crippen molar-refractivity contribution in [2.75, 3.05) is 19.0 Å². The van der Waals surface area contributed by atoms with Crippen LogP contribution in [-0.4, -0.2) is 35.7 Å². The van der Waals surface area contributed by atoms with Crippen LogP contribution in [0, 0.1) is 18.3 Å². The van der Waals surface area contributed by atoms with Crippen molar-refractivity contribution in [3.05, 3.63) is 92.3 Å². The number of methoxy groups -OCH3 is 1. The Hall–Kier alpha value is -4.07. The molecule has 3 amide bonds. The van der Waals surface area contributed by atoms with Crippen LogP contribution in [0.15, 0.2) is 70.0 Å². The van der Waals surface area contributed by atoms with Crippen LogP contribution in [0.2, 0.25) is 0 Å². The van der Waals surface area contributed by atoms with Gasteiger partial charge >= 0.3 is 0 Å². The normalized spacial score (nSPS) is 13.9. The summed E-state index contributed by atoms with van der Waals surface area (Å²) in [5.41, 5.74) is 3.34. The molecule has 0 saturated carbocycles. The zero-order valence-electron chi connectivity index (χ0n) is 20.5. The number of anilines is 1. The van der Waals surface area contributed by atoms with Crippen LogP contribution in [0.4, 0.5) is 10.5 Å². The van der Waals surface area contributed by atoms with Crippen LogP contribution in [0.5, 0.6) is 11.5 Å². The van der Waals surface area contributed by atoms with Crippen LogP contribution in [0.25, 0.3) is 6.08 Å². The van der Waals surface area contributed by atoms with Crippen LogP contribution in [0.3, 0.4) is 0 Å². The van der Waals surface area contributed by atoms with E-state index in [1.54, 1.807) is 42.5 Å². The monoisotopic (exact) mass is 591 g/mol. The number of benzene rings is 3. The molecule has 4 rings (SSSR count). The smallest absolute Gasteiger partial charge is 0.293 e. The van der Waals surface area contributed by atoms with Crippen molar-refractivity contribution in [2.45, 2.75) is 13.5 Å². The van der Waals surface area contributed by atoms with E-state index in [1.807, 2.05) is 31.2 Å². The van der Waals surface area contributed by atoms with Gasteiger partial charge in [-0.15, -0.1) is 0 Å². The topological polar surface area (TPSA) is 109 Å². The predicted molar refractivity (Wildman–Crippen MR) is 149 cm³/mol. The Balaban J connectivity index is 1.47. The first kappa shape index (κ1) is 27.0. The second-order valence-corrected chi connectivity index (χ2v) is 10.1. The van der Waals surface area contributed by atoms with Gasteiger partial charge in [0.2, 0.25) is 0 Å². The Morgan fingerprint density at radius 3 is 2.61 bits per heavy atom. The molecular weight excluding hydrogens is 570 g/mol. The molecule has 1 N–H and O–H groups in total. The van der Waals surface area contributed by atoms with Gasteiger partial charge in [-0.2, -0.15) is 5.26 Å². The minimum absolute atomic E-state index is 0.0101. The second kappa shape index (κ2) is 12.0. The van der Waals surface area contributed by atoms with E-state index in [0.717, 1.165) is 22.2 Å². The third-order valence-corrected chi connectivity index (χ3v) is 7.07. The summed E-state index contributed by atoms with van der Waals surface area (Å²) in [6.45, 7) is 1.73. The largest absolute Gasteiger partial charge is 0.493 e. The number of thioether (sulfide) groups is 1. The van der Waals surface area contributed by atoms with Gasteiger partial charge in [-0.3, -0.25) is 19.3 Å². The average Bonchev–Trinajstić information content (AvgIpc) is 3.16. The molecule has 1 aliphatic heterocycles. The maximum atomic E-state index is 13.0. The zero-order valence-corrected chi connectivity index (χ0v) is 22.9. The molecule has 3 aromatic carbocycles. The summed E-state index contributed by atoms with van der Waals surface area (Å²) < 4.78 is 11.7. The summed E-state index contributed by atoms with van der Waals surface area (Å²) in [4.78, 5) is 39.3. The average molecular weight is 592 g/mol. The highest BCUT2D eigenvalue weighted by Gasteiger charge is 2.35. The number of ether oxygens (including phenoxy) is 2. The molecule has 1 saturated heterocycles. The van der Waals surface area contributed by atoms with Crippen LogP contribution < -0.4 is 14.8 Å². The maximum absolute atomic E-state index is 13.0. The number of nitrogens with zero attached hydrogens (tertiary/aromatic N) is 2. The molecule has 0 radical (unpaired) electrons. The van der Waals surface area contributed by atoms with E-state index >= 15 is 0 Å². The highest BCUT2D eigenvalue weighted by Crippen LogP contribution is 2.39. The fourth-order valence-corrected chi connectivity index (χ4v) is 5.07. The molecule has 1 aliphatic rings. The zero-order chi connectivity index (χ0) is 27.2. The summed E-state index contributed by atoms with van der Waals surface area (Å²) in [7, 11) is 1.46. The van der Waals surface area contributed by atoms with Gasteiger partial charge < -0.3 is 14.8 Å².